The Balaban J connectivity index is 1.32. The van der Waals surface area contributed by atoms with E-state index < -0.39 is 0 Å². The number of piperazine rings is 1. The van der Waals surface area contributed by atoms with E-state index in [1.807, 2.05) is 41.8 Å². The van der Waals surface area contributed by atoms with Gasteiger partial charge in [0.1, 0.15) is 17.2 Å². The maximum absolute atomic E-state index is 12.5. The van der Waals surface area contributed by atoms with Crippen LogP contribution in [0.2, 0.25) is 0 Å². The Hall–Kier alpha value is -3.26. The second-order valence-corrected chi connectivity index (χ2v) is 8.06. The Bertz CT molecular complexity index is 1030. The van der Waals surface area contributed by atoms with Crippen molar-refractivity contribution in [2.75, 3.05) is 50.2 Å². The minimum Gasteiger partial charge on any atom is -0.497 e. The van der Waals surface area contributed by atoms with Crippen LogP contribution in [0.1, 0.15) is 16.1 Å². The van der Waals surface area contributed by atoms with E-state index in [2.05, 4.69) is 32.2 Å². The molecule has 1 saturated heterocycles. The first-order chi connectivity index (χ1) is 15.2. The van der Waals surface area contributed by atoms with Crippen LogP contribution in [0.25, 0.3) is 0 Å². The number of amides is 1. The molecule has 1 amide bonds. The van der Waals surface area contributed by atoms with Crippen molar-refractivity contribution in [1.29, 1.82) is 0 Å². The number of thiazole rings is 1. The molecule has 1 N–H and O–H groups in total. The maximum Gasteiger partial charge on any atom is 0.271 e. The topological polar surface area (TPSA) is 66.9 Å². The van der Waals surface area contributed by atoms with Crippen molar-refractivity contribution in [3.63, 3.8) is 0 Å². The molecule has 1 fully saturated rings. The van der Waals surface area contributed by atoms with Crippen molar-refractivity contribution in [3.05, 3.63) is 65.2 Å². The maximum atomic E-state index is 12.5. The summed E-state index contributed by atoms with van der Waals surface area (Å²) in [5.74, 6) is 1.47. The number of aromatic nitrogens is 1. The number of ether oxygens (including phenoxy) is 2. The molecule has 1 aliphatic heterocycles. The van der Waals surface area contributed by atoms with E-state index >= 15 is 0 Å². The lowest BCUT2D eigenvalue weighted by atomic mass is 10.2. The number of methoxy groups -OCH3 is 2. The molecule has 2 heterocycles. The number of hydrogen-bond donors (Lipinski definition) is 1. The van der Waals surface area contributed by atoms with Gasteiger partial charge in [-0.2, -0.15) is 0 Å². The standard InChI is InChI=1S/C23H26N4O3S/c1-29-19-7-3-5-17(13-19)15-24-22(28)21-16-31-23(25-21)27-11-9-26(10-12-27)18-6-4-8-20(14-18)30-2/h3-8,13-14,16H,9-12,15H2,1-2H3,(H,24,28). The molecular weight excluding hydrogens is 412 g/mol. The van der Waals surface area contributed by atoms with E-state index in [0.717, 1.165) is 54.1 Å². The minimum absolute atomic E-state index is 0.166. The van der Waals surface area contributed by atoms with Crippen LogP contribution in [0, 0.1) is 0 Å². The van der Waals surface area contributed by atoms with Gasteiger partial charge in [0.2, 0.25) is 0 Å². The number of hydrogen-bond acceptors (Lipinski definition) is 7. The Morgan fingerprint density at radius 3 is 2.42 bits per heavy atom. The zero-order valence-corrected chi connectivity index (χ0v) is 18.5. The lowest BCUT2D eigenvalue weighted by Gasteiger charge is -2.36. The van der Waals surface area contributed by atoms with E-state index in [-0.39, 0.29) is 5.91 Å². The van der Waals surface area contributed by atoms with Crippen molar-refractivity contribution in [2.24, 2.45) is 0 Å². The van der Waals surface area contributed by atoms with E-state index in [9.17, 15) is 4.79 Å². The van der Waals surface area contributed by atoms with Gasteiger partial charge >= 0.3 is 0 Å². The first kappa shape index (κ1) is 21.0. The molecular formula is C23H26N4O3S. The highest BCUT2D eigenvalue weighted by Crippen LogP contribution is 2.26. The summed E-state index contributed by atoms with van der Waals surface area (Å²) in [4.78, 5) is 21.7. The second kappa shape index (κ2) is 9.70. The Morgan fingerprint density at radius 2 is 1.68 bits per heavy atom. The fourth-order valence-electron chi connectivity index (χ4n) is 3.53. The fraction of sp³-hybridized carbons (Fsp3) is 0.304. The van der Waals surface area contributed by atoms with Gasteiger partial charge in [0.15, 0.2) is 5.13 Å². The summed E-state index contributed by atoms with van der Waals surface area (Å²) in [6.07, 6.45) is 0. The molecule has 0 saturated carbocycles. The quantitative estimate of drug-likeness (QED) is 0.610. The molecule has 0 atom stereocenters. The molecule has 4 rings (SSSR count). The molecule has 1 aromatic heterocycles. The Kier molecular flexibility index (Phi) is 6.57. The Morgan fingerprint density at radius 1 is 1.00 bits per heavy atom. The lowest BCUT2D eigenvalue weighted by Crippen LogP contribution is -2.46. The van der Waals surface area contributed by atoms with Crippen LogP contribution in [0.5, 0.6) is 11.5 Å². The summed E-state index contributed by atoms with van der Waals surface area (Å²) < 4.78 is 10.6. The SMILES string of the molecule is COc1cccc(CNC(=O)c2csc(N3CCN(c4cccc(OC)c4)CC3)n2)c1. The highest BCUT2D eigenvalue weighted by atomic mass is 32.1. The Labute approximate surface area is 186 Å². The molecule has 0 aliphatic carbocycles. The van der Waals surface area contributed by atoms with Crippen LogP contribution in [-0.4, -0.2) is 51.3 Å². The second-order valence-electron chi connectivity index (χ2n) is 7.23. The van der Waals surface area contributed by atoms with Gasteiger partial charge in [-0.15, -0.1) is 11.3 Å². The number of carbonyl (C=O) groups excluding carboxylic acids is 1. The van der Waals surface area contributed by atoms with Crippen LogP contribution >= 0.6 is 11.3 Å². The van der Waals surface area contributed by atoms with Gasteiger partial charge in [-0.05, 0) is 29.8 Å². The van der Waals surface area contributed by atoms with Gasteiger partial charge in [-0.25, -0.2) is 4.98 Å². The molecule has 7 nitrogen and oxygen atoms in total. The molecule has 0 spiro atoms. The summed E-state index contributed by atoms with van der Waals surface area (Å²) in [6, 6.07) is 15.8. The number of nitrogens with zero attached hydrogens (tertiary/aromatic N) is 3. The summed E-state index contributed by atoms with van der Waals surface area (Å²) >= 11 is 1.51. The summed E-state index contributed by atoms with van der Waals surface area (Å²) in [6.45, 7) is 3.93. The number of anilines is 2. The number of carbonyl (C=O) groups is 1. The smallest absolute Gasteiger partial charge is 0.271 e. The molecule has 31 heavy (non-hydrogen) atoms. The molecule has 0 radical (unpaired) electrons. The zero-order chi connectivity index (χ0) is 21.6. The van der Waals surface area contributed by atoms with Crippen LogP contribution < -0.4 is 24.6 Å². The minimum atomic E-state index is -0.166. The summed E-state index contributed by atoms with van der Waals surface area (Å²) in [7, 11) is 3.31. The van der Waals surface area contributed by atoms with Gasteiger partial charge in [0.05, 0.1) is 14.2 Å². The van der Waals surface area contributed by atoms with Gasteiger partial charge in [0.25, 0.3) is 5.91 Å². The number of benzene rings is 2. The molecule has 8 heteroatoms. The summed E-state index contributed by atoms with van der Waals surface area (Å²) in [5.41, 5.74) is 2.60. The van der Waals surface area contributed by atoms with Gasteiger partial charge in [0, 0.05) is 49.9 Å². The number of nitrogens with one attached hydrogen (secondary N) is 1. The highest BCUT2D eigenvalue weighted by Gasteiger charge is 2.21. The van der Waals surface area contributed by atoms with Crippen molar-refractivity contribution >= 4 is 28.1 Å². The van der Waals surface area contributed by atoms with E-state index in [1.54, 1.807) is 14.2 Å². The van der Waals surface area contributed by atoms with Crippen LogP contribution in [-0.2, 0) is 6.54 Å². The molecule has 1 aliphatic rings. The molecule has 162 valence electrons. The first-order valence-electron chi connectivity index (χ1n) is 10.2. The predicted molar refractivity (Wildman–Crippen MR) is 124 cm³/mol. The van der Waals surface area contributed by atoms with Crippen molar-refractivity contribution in [3.8, 4) is 11.5 Å². The van der Waals surface area contributed by atoms with E-state index in [4.69, 9.17) is 9.47 Å². The van der Waals surface area contributed by atoms with Gasteiger partial charge < -0.3 is 24.6 Å². The third-order valence-electron chi connectivity index (χ3n) is 5.28. The van der Waals surface area contributed by atoms with Crippen molar-refractivity contribution < 1.29 is 14.3 Å². The third kappa shape index (κ3) is 5.08. The fourth-order valence-corrected chi connectivity index (χ4v) is 4.39. The molecule has 3 aromatic rings. The normalized spacial score (nSPS) is 13.7. The van der Waals surface area contributed by atoms with Crippen LogP contribution in [0.4, 0.5) is 10.8 Å². The molecule has 0 bridgehead atoms. The molecule has 2 aromatic carbocycles. The first-order valence-corrected chi connectivity index (χ1v) is 11.0. The average Bonchev–Trinajstić information content (AvgIpc) is 3.33. The molecule has 0 unspecified atom stereocenters. The van der Waals surface area contributed by atoms with E-state index in [0.29, 0.717) is 12.2 Å². The lowest BCUT2D eigenvalue weighted by molar-refractivity contribution is 0.0946. The summed E-state index contributed by atoms with van der Waals surface area (Å²) in [5, 5.41) is 5.64. The third-order valence-corrected chi connectivity index (χ3v) is 6.18. The predicted octanol–water partition coefficient (Wildman–Crippen LogP) is 3.42. The van der Waals surface area contributed by atoms with Crippen molar-refractivity contribution in [1.82, 2.24) is 10.3 Å². The van der Waals surface area contributed by atoms with Crippen LogP contribution in [0.15, 0.2) is 53.9 Å². The number of rotatable bonds is 7. The largest absolute Gasteiger partial charge is 0.497 e. The monoisotopic (exact) mass is 438 g/mol. The van der Waals surface area contributed by atoms with E-state index in [1.165, 1.54) is 11.3 Å². The van der Waals surface area contributed by atoms with Gasteiger partial charge in [-0.3, -0.25) is 4.79 Å². The average molecular weight is 439 g/mol. The highest BCUT2D eigenvalue weighted by molar-refractivity contribution is 7.13. The van der Waals surface area contributed by atoms with Crippen LogP contribution in [0.3, 0.4) is 0 Å². The van der Waals surface area contributed by atoms with Crippen molar-refractivity contribution in [2.45, 2.75) is 6.54 Å². The zero-order valence-electron chi connectivity index (χ0n) is 17.7. The van der Waals surface area contributed by atoms with Gasteiger partial charge in [-0.1, -0.05) is 18.2 Å².